The van der Waals surface area contributed by atoms with E-state index in [2.05, 4.69) is 11.4 Å². The van der Waals surface area contributed by atoms with Gasteiger partial charge >= 0.3 is 0 Å². The Hall–Kier alpha value is -2.03. The lowest BCUT2D eigenvalue weighted by atomic mass is 10.1. The Kier molecular flexibility index (Phi) is 3.82. The summed E-state index contributed by atoms with van der Waals surface area (Å²) in [5, 5.41) is 3.08. The van der Waals surface area contributed by atoms with Crippen LogP contribution in [0.5, 0.6) is 5.75 Å². The van der Waals surface area contributed by atoms with Gasteiger partial charge in [0.1, 0.15) is 11.6 Å². The van der Waals surface area contributed by atoms with Crippen LogP contribution in [0.1, 0.15) is 11.1 Å². The zero-order chi connectivity index (χ0) is 13.0. The van der Waals surface area contributed by atoms with E-state index in [0.29, 0.717) is 18.0 Å². The van der Waals surface area contributed by atoms with Gasteiger partial charge in [0.2, 0.25) is 0 Å². The van der Waals surface area contributed by atoms with Crippen LogP contribution in [0, 0.1) is 12.7 Å². The molecular formula is C15H16FNO. The number of nitrogens with one attached hydrogen (secondary N) is 1. The van der Waals surface area contributed by atoms with Crippen molar-refractivity contribution in [2.45, 2.75) is 13.5 Å². The first-order chi connectivity index (χ1) is 8.69. The first-order valence-corrected chi connectivity index (χ1v) is 5.82. The molecule has 0 saturated carbocycles. The topological polar surface area (TPSA) is 21.3 Å². The molecule has 0 heterocycles. The summed E-state index contributed by atoms with van der Waals surface area (Å²) in [6.07, 6.45) is 0. The second-order valence-electron chi connectivity index (χ2n) is 4.19. The van der Waals surface area contributed by atoms with Gasteiger partial charge in [0.05, 0.1) is 12.8 Å². The van der Waals surface area contributed by atoms with Gasteiger partial charge in [0.25, 0.3) is 0 Å². The maximum Gasteiger partial charge on any atom is 0.146 e. The minimum absolute atomic E-state index is 0.275. The molecule has 0 atom stereocenters. The van der Waals surface area contributed by atoms with E-state index < -0.39 is 0 Å². The normalized spacial score (nSPS) is 10.2. The van der Waals surface area contributed by atoms with Gasteiger partial charge in [-0.3, -0.25) is 0 Å². The SMILES string of the molecule is COc1ccc(F)c(NCc2cccc(C)c2)c1. The summed E-state index contributed by atoms with van der Waals surface area (Å²) < 4.78 is 18.6. The Bertz CT molecular complexity index is 540. The first-order valence-electron chi connectivity index (χ1n) is 5.82. The third kappa shape index (κ3) is 3.00. The predicted molar refractivity (Wildman–Crippen MR) is 71.5 cm³/mol. The Balaban J connectivity index is 2.10. The molecule has 0 aliphatic heterocycles. The number of halogens is 1. The highest BCUT2D eigenvalue weighted by molar-refractivity contribution is 5.50. The average Bonchev–Trinajstić information content (AvgIpc) is 2.38. The van der Waals surface area contributed by atoms with Crippen molar-refractivity contribution in [2.75, 3.05) is 12.4 Å². The van der Waals surface area contributed by atoms with E-state index in [4.69, 9.17) is 4.74 Å². The third-order valence-corrected chi connectivity index (χ3v) is 2.74. The second kappa shape index (κ2) is 5.54. The van der Waals surface area contributed by atoms with Crippen molar-refractivity contribution in [1.82, 2.24) is 0 Å². The van der Waals surface area contributed by atoms with Crippen molar-refractivity contribution in [3.63, 3.8) is 0 Å². The third-order valence-electron chi connectivity index (χ3n) is 2.74. The molecule has 2 nitrogen and oxygen atoms in total. The van der Waals surface area contributed by atoms with Crippen LogP contribution < -0.4 is 10.1 Å². The summed E-state index contributed by atoms with van der Waals surface area (Å²) in [5.41, 5.74) is 2.77. The van der Waals surface area contributed by atoms with Crippen molar-refractivity contribution in [2.24, 2.45) is 0 Å². The van der Waals surface area contributed by atoms with E-state index in [9.17, 15) is 4.39 Å². The van der Waals surface area contributed by atoms with Gasteiger partial charge < -0.3 is 10.1 Å². The highest BCUT2D eigenvalue weighted by Gasteiger charge is 2.03. The highest BCUT2D eigenvalue weighted by atomic mass is 19.1. The van der Waals surface area contributed by atoms with Gasteiger partial charge in [-0.25, -0.2) is 4.39 Å². The van der Waals surface area contributed by atoms with E-state index in [1.165, 1.54) is 11.6 Å². The van der Waals surface area contributed by atoms with Gasteiger partial charge in [-0.15, -0.1) is 0 Å². The van der Waals surface area contributed by atoms with Gasteiger partial charge in [0.15, 0.2) is 0 Å². The van der Waals surface area contributed by atoms with Crippen LogP contribution >= 0.6 is 0 Å². The summed E-state index contributed by atoms with van der Waals surface area (Å²) in [6.45, 7) is 2.63. The van der Waals surface area contributed by atoms with E-state index in [0.717, 1.165) is 5.56 Å². The van der Waals surface area contributed by atoms with Crippen molar-refractivity contribution in [3.05, 3.63) is 59.4 Å². The predicted octanol–water partition coefficient (Wildman–Crippen LogP) is 3.75. The van der Waals surface area contributed by atoms with E-state index in [1.54, 1.807) is 19.2 Å². The van der Waals surface area contributed by atoms with Crippen LogP contribution in [0.3, 0.4) is 0 Å². The molecule has 0 aliphatic carbocycles. The molecule has 0 fully saturated rings. The molecule has 1 N–H and O–H groups in total. The first kappa shape index (κ1) is 12.4. The zero-order valence-corrected chi connectivity index (χ0v) is 10.5. The standard InChI is InChI=1S/C15H16FNO/c1-11-4-3-5-12(8-11)10-17-15-9-13(18-2)6-7-14(15)16/h3-9,17H,10H2,1-2H3. The summed E-state index contributed by atoms with van der Waals surface area (Å²) in [5.74, 6) is 0.367. The number of ether oxygens (including phenoxy) is 1. The van der Waals surface area contributed by atoms with Crippen LogP contribution in [-0.2, 0) is 6.54 Å². The maximum absolute atomic E-state index is 13.6. The maximum atomic E-state index is 13.6. The van der Waals surface area contributed by atoms with Crippen molar-refractivity contribution >= 4 is 5.69 Å². The lowest BCUT2D eigenvalue weighted by Gasteiger charge is -2.09. The molecule has 18 heavy (non-hydrogen) atoms. The number of aryl methyl sites for hydroxylation is 1. The molecule has 0 bridgehead atoms. The number of rotatable bonds is 4. The Morgan fingerprint density at radius 2 is 2.00 bits per heavy atom. The quantitative estimate of drug-likeness (QED) is 0.885. The molecule has 0 amide bonds. The van der Waals surface area contributed by atoms with Crippen LogP contribution in [-0.4, -0.2) is 7.11 Å². The highest BCUT2D eigenvalue weighted by Crippen LogP contribution is 2.21. The molecule has 0 aromatic heterocycles. The molecule has 0 radical (unpaired) electrons. The van der Waals surface area contributed by atoms with Crippen LogP contribution in [0.15, 0.2) is 42.5 Å². The fourth-order valence-electron chi connectivity index (χ4n) is 1.79. The Morgan fingerprint density at radius 1 is 1.17 bits per heavy atom. The van der Waals surface area contributed by atoms with Gasteiger partial charge in [-0.2, -0.15) is 0 Å². The number of methoxy groups -OCH3 is 1. The molecule has 0 unspecified atom stereocenters. The number of hydrogen-bond acceptors (Lipinski definition) is 2. The van der Waals surface area contributed by atoms with Crippen LogP contribution in [0.4, 0.5) is 10.1 Å². The smallest absolute Gasteiger partial charge is 0.146 e. The summed E-state index contributed by atoms with van der Waals surface area (Å²) in [6, 6.07) is 12.8. The van der Waals surface area contributed by atoms with E-state index in [-0.39, 0.29) is 5.82 Å². The van der Waals surface area contributed by atoms with Crippen molar-refractivity contribution in [1.29, 1.82) is 0 Å². The van der Waals surface area contributed by atoms with Crippen molar-refractivity contribution < 1.29 is 9.13 Å². The number of hydrogen-bond donors (Lipinski definition) is 1. The molecule has 94 valence electrons. The molecule has 2 aromatic carbocycles. The molecule has 2 rings (SSSR count). The van der Waals surface area contributed by atoms with E-state index in [1.807, 2.05) is 25.1 Å². The summed E-state index contributed by atoms with van der Waals surface area (Å²) in [4.78, 5) is 0. The largest absolute Gasteiger partial charge is 0.497 e. The second-order valence-corrected chi connectivity index (χ2v) is 4.19. The lowest BCUT2D eigenvalue weighted by Crippen LogP contribution is -2.02. The monoisotopic (exact) mass is 245 g/mol. The average molecular weight is 245 g/mol. The summed E-state index contributed by atoms with van der Waals surface area (Å²) >= 11 is 0. The minimum atomic E-state index is -0.275. The number of benzene rings is 2. The lowest BCUT2D eigenvalue weighted by molar-refractivity contribution is 0.414. The van der Waals surface area contributed by atoms with Gasteiger partial charge in [-0.1, -0.05) is 29.8 Å². The molecular weight excluding hydrogens is 229 g/mol. The van der Waals surface area contributed by atoms with Gasteiger partial charge in [0, 0.05) is 12.6 Å². The fourth-order valence-corrected chi connectivity index (χ4v) is 1.79. The minimum Gasteiger partial charge on any atom is -0.497 e. The fraction of sp³-hybridized carbons (Fsp3) is 0.200. The number of anilines is 1. The Morgan fingerprint density at radius 3 is 2.72 bits per heavy atom. The molecule has 0 saturated heterocycles. The zero-order valence-electron chi connectivity index (χ0n) is 10.5. The Labute approximate surface area is 106 Å². The molecule has 0 aliphatic rings. The van der Waals surface area contributed by atoms with Crippen molar-refractivity contribution in [3.8, 4) is 5.75 Å². The molecule has 3 heteroatoms. The molecule has 2 aromatic rings. The van der Waals surface area contributed by atoms with Crippen LogP contribution in [0.2, 0.25) is 0 Å². The van der Waals surface area contributed by atoms with Gasteiger partial charge in [-0.05, 0) is 24.6 Å². The molecule has 0 spiro atoms. The van der Waals surface area contributed by atoms with E-state index >= 15 is 0 Å². The summed E-state index contributed by atoms with van der Waals surface area (Å²) in [7, 11) is 1.57. The van der Waals surface area contributed by atoms with Crippen LogP contribution in [0.25, 0.3) is 0 Å².